The van der Waals surface area contributed by atoms with Crippen molar-refractivity contribution in [2.75, 3.05) is 19.9 Å². The fraction of sp³-hybridized carbons (Fsp3) is 0.556. The Morgan fingerprint density at radius 1 is 0.789 bits per heavy atom. The van der Waals surface area contributed by atoms with Crippen LogP contribution in [0.4, 0.5) is 19.2 Å². The third-order valence-corrected chi connectivity index (χ3v) is 1.48. The molecule has 0 aromatic rings. The standard InChI is InChI=1S/C9H16N4O6/c1-3-18-8(16)12-6(14)10-5-11-7(15)13-9(17)19-4-2/h3-5H2,1-2H3,(H2,10,12,14,16)(H2,11,13,15,17). The van der Waals surface area contributed by atoms with Gasteiger partial charge in [-0.2, -0.15) is 0 Å². The maximum absolute atomic E-state index is 11.0. The molecule has 0 atom stereocenters. The van der Waals surface area contributed by atoms with Crippen molar-refractivity contribution in [3.8, 4) is 0 Å². The van der Waals surface area contributed by atoms with Gasteiger partial charge in [-0.15, -0.1) is 0 Å². The van der Waals surface area contributed by atoms with Crippen LogP contribution in [0.25, 0.3) is 0 Å². The first-order valence-electron chi connectivity index (χ1n) is 5.42. The molecule has 0 saturated carbocycles. The topological polar surface area (TPSA) is 135 Å². The van der Waals surface area contributed by atoms with E-state index in [4.69, 9.17) is 0 Å². The van der Waals surface area contributed by atoms with Gasteiger partial charge in [0.15, 0.2) is 0 Å². The number of hydrogen-bond donors (Lipinski definition) is 4. The number of carbonyl (C=O) groups is 4. The second-order valence-corrected chi connectivity index (χ2v) is 2.88. The Hall–Kier alpha value is -2.52. The fourth-order valence-corrected chi connectivity index (χ4v) is 0.813. The number of hydrogen-bond acceptors (Lipinski definition) is 6. The molecule has 10 nitrogen and oxygen atoms in total. The number of ether oxygens (including phenoxy) is 2. The summed E-state index contributed by atoms with van der Waals surface area (Å²) in [5.74, 6) is 0. The molecule has 0 unspecified atom stereocenters. The summed E-state index contributed by atoms with van der Waals surface area (Å²) in [5.41, 5.74) is 0. The Morgan fingerprint density at radius 3 is 1.47 bits per heavy atom. The third-order valence-electron chi connectivity index (χ3n) is 1.48. The quantitative estimate of drug-likeness (QED) is 0.527. The maximum atomic E-state index is 11.0. The van der Waals surface area contributed by atoms with E-state index < -0.39 is 24.2 Å². The van der Waals surface area contributed by atoms with Gasteiger partial charge in [0.1, 0.15) is 0 Å². The summed E-state index contributed by atoms with van der Waals surface area (Å²) in [4.78, 5) is 43.7. The van der Waals surface area contributed by atoms with Crippen molar-refractivity contribution in [2.45, 2.75) is 13.8 Å². The molecule has 0 bridgehead atoms. The van der Waals surface area contributed by atoms with Gasteiger partial charge in [-0.3, -0.25) is 0 Å². The van der Waals surface area contributed by atoms with Gasteiger partial charge in [0.05, 0.1) is 19.9 Å². The molecule has 0 aliphatic rings. The molecule has 10 heteroatoms. The van der Waals surface area contributed by atoms with E-state index in [2.05, 4.69) is 20.1 Å². The van der Waals surface area contributed by atoms with Crippen LogP contribution in [-0.4, -0.2) is 44.1 Å². The minimum atomic E-state index is -0.907. The van der Waals surface area contributed by atoms with Gasteiger partial charge in [0, 0.05) is 0 Å². The van der Waals surface area contributed by atoms with Crippen molar-refractivity contribution in [1.82, 2.24) is 21.3 Å². The van der Waals surface area contributed by atoms with Crippen LogP contribution in [0.2, 0.25) is 0 Å². The van der Waals surface area contributed by atoms with Crippen molar-refractivity contribution in [3.63, 3.8) is 0 Å². The molecule has 6 amide bonds. The normalized spacial score (nSPS) is 8.95. The van der Waals surface area contributed by atoms with E-state index in [9.17, 15) is 19.2 Å². The Kier molecular flexibility index (Phi) is 8.24. The Labute approximate surface area is 109 Å². The largest absolute Gasteiger partial charge is 0.450 e. The van der Waals surface area contributed by atoms with E-state index in [-0.39, 0.29) is 19.9 Å². The van der Waals surface area contributed by atoms with Crippen LogP contribution in [0.15, 0.2) is 0 Å². The van der Waals surface area contributed by atoms with E-state index in [1.54, 1.807) is 13.8 Å². The first-order valence-corrected chi connectivity index (χ1v) is 5.42. The number of alkyl carbamates (subject to hydrolysis) is 2. The van der Waals surface area contributed by atoms with Crippen molar-refractivity contribution >= 4 is 24.2 Å². The molecule has 0 saturated heterocycles. The zero-order valence-electron chi connectivity index (χ0n) is 10.6. The second-order valence-electron chi connectivity index (χ2n) is 2.88. The number of amides is 6. The average Bonchev–Trinajstić information content (AvgIpc) is 2.28. The van der Waals surface area contributed by atoms with Crippen LogP contribution < -0.4 is 21.3 Å². The summed E-state index contributed by atoms with van der Waals surface area (Å²) in [6, 6.07) is -1.70. The summed E-state index contributed by atoms with van der Waals surface area (Å²) >= 11 is 0. The number of imide groups is 2. The molecule has 0 spiro atoms. The molecule has 0 aromatic carbocycles. The summed E-state index contributed by atoms with van der Waals surface area (Å²) in [5, 5.41) is 7.95. The van der Waals surface area contributed by atoms with E-state index in [0.29, 0.717) is 0 Å². The van der Waals surface area contributed by atoms with Crippen LogP contribution in [-0.2, 0) is 9.47 Å². The van der Waals surface area contributed by atoms with Gasteiger partial charge >= 0.3 is 24.2 Å². The first kappa shape index (κ1) is 16.5. The van der Waals surface area contributed by atoms with Gasteiger partial charge in [0.2, 0.25) is 0 Å². The van der Waals surface area contributed by atoms with Gasteiger partial charge in [-0.25, -0.2) is 29.8 Å². The second kappa shape index (κ2) is 9.50. The molecule has 0 fully saturated rings. The van der Waals surface area contributed by atoms with Crippen LogP contribution in [0.5, 0.6) is 0 Å². The summed E-state index contributed by atoms with van der Waals surface area (Å²) in [6.45, 7) is 3.12. The molecule has 0 heterocycles. The molecule has 19 heavy (non-hydrogen) atoms. The van der Waals surface area contributed by atoms with Gasteiger partial charge in [0.25, 0.3) is 0 Å². The van der Waals surface area contributed by atoms with Crippen molar-refractivity contribution < 1.29 is 28.7 Å². The minimum absolute atomic E-state index is 0.124. The van der Waals surface area contributed by atoms with Crippen molar-refractivity contribution in [1.29, 1.82) is 0 Å². The summed E-state index contributed by atoms with van der Waals surface area (Å²) in [6.07, 6.45) is -1.81. The van der Waals surface area contributed by atoms with Gasteiger partial charge < -0.3 is 20.1 Å². The smallest absolute Gasteiger partial charge is 0.415 e. The molecule has 4 N–H and O–H groups in total. The molecule has 108 valence electrons. The number of nitrogens with one attached hydrogen (secondary N) is 4. The maximum Gasteiger partial charge on any atom is 0.415 e. The van der Waals surface area contributed by atoms with Crippen molar-refractivity contribution in [2.24, 2.45) is 0 Å². The van der Waals surface area contributed by atoms with Crippen LogP contribution >= 0.6 is 0 Å². The summed E-state index contributed by atoms with van der Waals surface area (Å²) < 4.78 is 8.90. The summed E-state index contributed by atoms with van der Waals surface area (Å²) in [7, 11) is 0. The SMILES string of the molecule is CCOC(=O)NC(=O)NCNC(=O)NC(=O)OCC. The van der Waals surface area contributed by atoms with Crippen LogP contribution in [0.1, 0.15) is 13.8 Å². The highest BCUT2D eigenvalue weighted by Gasteiger charge is 2.09. The Bertz CT molecular complexity index is 314. The van der Waals surface area contributed by atoms with Crippen molar-refractivity contribution in [3.05, 3.63) is 0 Å². The lowest BCUT2D eigenvalue weighted by atomic mass is 10.8. The highest BCUT2D eigenvalue weighted by atomic mass is 16.6. The fourth-order valence-electron chi connectivity index (χ4n) is 0.813. The highest BCUT2D eigenvalue weighted by Crippen LogP contribution is 1.77. The number of urea groups is 2. The highest BCUT2D eigenvalue weighted by molar-refractivity contribution is 5.92. The molecule has 0 rings (SSSR count). The third kappa shape index (κ3) is 9.21. The zero-order valence-corrected chi connectivity index (χ0v) is 10.6. The monoisotopic (exact) mass is 276 g/mol. The Morgan fingerprint density at radius 2 is 1.16 bits per heavy atom. The molecule has 0 aliphatic carbocycles. The lowest BCUT2D eigenvalue weighted by Crippen LogP contribution is -2.48. The predicted octanol–water partition coefficient (Wildman–Crippen LogP) is -0.145. The van der Waals surface area contributed by atoms with E-state index in [1.165, 1.54) is 0 Å². The van der Waals surface area contributed by atoms with Gasteiger partial charge in [-0.05, 0) is 13.8 Å². The van der Waals surface area contributed by atoms with Crippen LogP contribution in [0, 0.1) is 0 Å². The van der Waals surface area contributed by atoms with E-state index >= 15 is 0 Å². The number of rotatable bonds is 4. The van der Waals surface area contributed by atoms with Crippen LogP contribution in [0.3, 0.4) is 0 Å². The van der Waals surface area contributed by atoms with E-state index in [1.807, 2.05) is 10.6 Å². The number of carbonyl (C=O) groups excluding carboxylic acids is 4. The molecule has 0 radical (unpaired) electrons. The van der Waals surface area contributed by atoms with E-state index in [0.717, 1.165) is 0 Å². The lowest BCUT2D eigenvalue weighted by molar-refractivity contribution is 0.152. The zero-order chi connectivity index (χ0) is 14.7. The average molecular weight is 276 g/mol. The lowest BCUT2D eigenvalue weighted by Gasteiger charge is -2.08. The molecule has 0 aliphatic heterocycles. The Balaban J connectivity index is 3.72. The first-order chi connectivity index (χ1) is 8.99. The minimum Gasteiger partial charge on any atom is -0.450 e. The molecule has 0 aromatic heterocycles. The molecular weight excluding hydrogens is 260 g/mol. The van der Waals surface area contributed by atoms with Gasteiger partial charge in [-0.1, -0.05) is 0 Å². The predicted molar refractivity (Wildman–Crippen MR) is 62.2 cm³/mol. The molecular formula is C9H16N4O6.